The minimum atomic E-state index is -3.21. The van der Waals surface area contributed by atoms with Crippen molar-refractivity contribution in [2.45, 2.75) is 6.54 Å². The maximum atomic E-state index is 10.7. The standard InChI is InChI=1S/C5H9N3O2S2.ClH/c1-12(9,10)8-5-7-4(2-6)3-11-5;/h3H,2,6H2,1H3,(H,7,8);1H. The van der Waals surface area contributed by atoms with Gasteiger partial charge in [-0.3, -0.25) is 4.72 Å². The lowest BCUT2D eigenvalue weighted by atomic mass is 10.5. The molecule has 8 heteroatoms. The third-order valence-electron chi connectivity index (χ3n) is 1.03. The Labute approximate surface area is 86.8 Å². The van der Waals surface area contributed by atoms with Crippen molar-refractivity contribution < 1.29 is 8.42 Å². The van der Waals surface area contributed by atoms with Gasteiger partial charge in [-0.2, -0.15) is 0 Å². The predicted octanol–water partition coefficient (Wildman–Crippen LogP) is 0.395. The number of anilines is 1. The van der Waals surface area contributed by atoms with Crippen molar-refractivity contribution in [3.05, 3.63) is 11.1 Å². The van der Waals surface area contributed by atoms with E-state index in [1.54, 1.807) is 5.38 Å². The number of hydrogen-bond acceptors (Lipinski definition) is 5. The lowest BCUT2D eigenvalue weighted by Crippen LogP contribution is -2.09. The molecule has 0 atom stereocenters. The molecule has 0 saturated carbocycles. The van der Waals surface area contributed by atoms with Crippen molar-refractivity contribution in [3.8, 4) is 0 Å². The van der Waals surface area contributed by atoms with Crippen molar-refractivity contribution in [2.24, 2.45) is 5.73 Å². The van der Waals surface area contributed by atoms with Gasteiger partial charge in [-0.15, -0.1) is 23.7 Å². The van der Waals surface area contributed by atoms with Gasteiger partial charge in [-0.1, -0.05) is 0 Å². The van der Waals surface area contributed by atoms with Crippen LogP contribution in [0.25, 0.3) is 0 Å². The van der Waals surface area contributed by atoms with E-state index in [0.717, 1.165) is 6.26 Å². The molecule has 1 aromatic heterocycles. The van der Waals surface area contributed by atoms with Crippen LogP contribution in [0.5, 0.6) is 0 Å². The van der Waals surface area contributed by atoms with Crippen molar-refractivity contribution in [1.29, 1.82) is 0 Å². The van der Waals surface area contributed by atoms with Crippen molar-refractivity contribution in [2.75, 3.05) is 11.0 Å². The monoisotopic (exact) mass is 243 g/mol. The normalized spacial score (nSPS) is 10.6. The van der Waals surface area contributed by atoms with Crippen molar-refractivity contribution in [3.63, 3.8) is 0 Å². The van der Waals surface area contributed by atoms with Gasteiger partial charge in [-0.25, -0.2) is 13.4 Å². The molecule has 0 fully saturated rings. The molecule has 1 aromatic rings. The Morgan fingerprint density at radius 3 is 2.69 bits per heavy atom. The van der Waals surface area contributed by atoms with Crippen LogP contribution in [-0.2, 0) is 16.6 Å². The molecular formula is C5H10ClN3O2S2. The summed E-state index contributed by atoms with van der Waals surface area (Å²) >= 11 is 1.22. The van der Waals surface area contributed by atoms with Crippen molar-refractivity contribution >= 4 is 38.9 Å². The summed E-state index contributed by atoms with van der Waals surface area (Å²) in [5.74, 6) is 0. The highest BCUT2D eigenvalue weighted by atomic mass is 35.5. The first kappa shape index (κ1) is 12.6. The summed E-state index contributed by atoms with van der Waals surface area (Å²) in [6.45, 7) is 0.321. The molecule has 0 saturated heterocycles. The van der Waals surface area contributed by atoms with Gasteiger partial charge in [0.05, 0.1) is 11.9 Å². The molecule has 0 amide bonds. The second kappa shape index (κ2) is 4.75. The van der Waals surface area contributed by atoms with E-state index in [2.05, 4.69) is 9.71 Å². The van der Waals surface area contributed by atoms with Gasteiger partial charge in [0.2, 0.25) is 10.0 Å². The van der Waals surface area contributed by atoms with Gasteiger partial charge in [0.1, 0.15) is 0 Å². The van der Waals surface area contributed by atoms with Crippen LogP contribution in [-0.4, -0.2) is 19.7 Å². The fraction of sp³-hybridized carbons (Fsp3) is 0.400. The molecule has 0 aliphatic carbocycles. The Balaban J connectivity index is 0.00000144. The topological polar surface area (TPSA) is 85.1 Å². The SMILES string of the molecule is CS(=O)(=O)Nc1nc(CN)cs1.Cl. The van der Waals surface area contributed by atoms with E-state index in [4.69, 9.17) is 5.73 Å². The zero-order chi connectivity index (χ0) is 9.19. The molecule has 5 nitrogen and oxygen atoms in total. The van der Waals surface area contributed by atoms with Crippen LogP contribution in [0.4, 0.5) is 5.13 Å². The molecule has 1 rings (SSSR count). The minimum Gasteiger partial charge on any atom is -0.325 e. The molecule has 0 bridgehead atoms. The van der Waals surface area contributed by atoms with Gasteiger partial charge in [0.15, 0.2) is 5.13 Å². The molecule has 0 radical (unpaired) electrons. The molecular weight excluding hydrogens is 234 g/mol. The number of hydrogen-bond donors (Lipinski definition) is 2. The van der Waals surface area contributed by atoms with E-state index in [0.29, 0.717) is 17.4 Å². The number of sulfonamides is 1. The molecule has 3 N–H and O–H groups in total. The van der Waals surface area contributed by atoms with Crippen LogP contribution >= 0.6 is 23.7 Å². The summed E-state index contributed by atoms with van der Waals surface area (Å²) < 4.78 is 23.7. The van der Waals surface area contributed by atoms with Gasteiger partial charge >= 0.3 is 0 Å². The molecule has 0 spiro atoms. The third kappa shape index (κ3) is 4.41. The second-order valence-corrected chi connectivity index (χ2v) is 4.83. The van der Waals surface area contributed by atoms with Crippen LogP contribution in [0.1, 0.15) is 5.69 Å². The highest BCUT2D eigenvalue weighted by molar-refractivity contribution is 7.92. The van der Waals surface area contributed by atoms with E-state index in [-0.39, 0.29) is 12.4 Å². The highest BCUT2D eigenvalue weighted by Crippen LogP contribution is 2.15. The number of nitrogens with one attached hydrogen (secondary N) is 1. The lowest BCUT2D eigenvalue weighted by molar-refractivity contribution is 0.607. The lowest BCUT2D eigenvalue weighted by Gasteiger charge is -1.95. The van der Waals surface area contributed by atoms with Crippen LogP contribution < -0.4 is 10.5 Å². The van der Waals surface area contributed by atoms with Crippen molar-refractivity contribution in [1.82, 2.24) is 4.98 Å². The molecule has 0 aliphatic rings. The van der Waals surface area contributed by atoms with E-state index >= 15 is 0 Å². The molecule has 0 aromatic carbocycles. The Morgan fingerprint density at radius 2 is 2.31 bits per heavy atom. The smallest absolute Gasteiger partial charge is 0.231 e. The molecule has 1 heterocycles. The number of aromatic nitrogens is 1. The van der Waals surface area contributed by atoms with Gasteiger partial charge in [-0.05, 0) is 0 Å². The van der Waals surface area contributed by atoms with E-state index < -0.39 is 10.0 Å². The average Bonchev–Trinajstić information content (AvgIpc) is 2.32. The third-order valence-corrected chi connectivity index (χ3v) is 2.53. The number of thiazole rings is 1. The Morgan fingerprint density at radius 1 is 1.69 bits per heavy atom. The van der Waals surface area contributed by atoms with Crippen LogP contribution in [0.3, 0.4) is 0 Å². The summed E-state index contributed by atoms with van der Waals surface area (Å²) in [5, 5.41) is 2.08. The highest BCUT2D eigenvalue weighted by Gasteiger charge is 2.05. The van der Waals surface area contributed by atoms with Crippen LogP contribution in [0, 0.1) is 0 Å². The quantitative estimate of drug-likeness (QED) is 0.805. The van der Waals surface area contributed by atoms with Gasteiger partial charge < -0.3 is 5.73 Å². The zero-order valence-corrected chi connectivity index (χ0v) is 9.30. The molecule has 13 heavy (non-hydrogen) atoms. The van der Waals surface area contributed by atoms with E-state index in [1.807, 2.05) is 0 Å². The molecule has 76 valence electrons. The first-order valence-corrected chi connectivity index (χ1v) is 5.90. The average molecular weight is 244 g/mol. The predicted molar refractivity (Wildman–Crippen MR) is 55.7 cm³/mol. The van der Waals surface area contributed by atoms with E-state index in [9.17, 15) is 8.42 Å². The number of nitrogens with two attached hydrogens (primary N) is 1. The zero-order valence-electron chi connectivity index (χ0n) is 6.85. The fourth-order valence-corrected chi connectivity index (χ4v) is 2.18. The van der Waals surface area contributed by atoms with Gasteiger partial charge in [0, 0.05) is 11.9 Å². The Bertz CT molecular complexity index is 362. The van der Waals surface area contributed by atoms with Gasteiger partial charge in [0.25, 0.3) is 0 Å². The van der Waals surface area contributed by atoms with E-state index in [1.165, 1.54) is 11.3 Å². The summed E-state index contributed by atoms with van der Waals surface area (Å²) in [6, 6.07) is 0. The largest absolute Gasteiger partial charge is 0.325 e. The second-order valence-electron chi connectivity index (χ2n) is 2.22. The molecule has 0 aliphatic heterocycles. The minimum absolute atomic E-state index is 0. The molecule has 0 unspecified atom stereocenters. The maximum absolute atomic E-state index is 10.7. The fourth-order valence-electron chi connectivity index (χ4n) is 0.606. The summed E-state index contributed by atoms with van der Waals surface area (Å²) in [7, 11) is -3.21. The summed E-state index contributed by atoms with van der Waals surface area (Å²) in [5.41, 5.74) is 5.98. The number of halogens is 1. The summed E-state index contributed by atoms with van der Waals surface area (Å²) in [4.78, 5) is 3.92. The van der Waals surface area contributed by atoms with Crippen LogP contribution in [0.15, 0.2) is 5.38 Å². The summed E-state index contributed by atoms with van der Waals surface area (Å²) in [6.07, 6.45) is 1.08. The number of nitrogens with zero attached hydrogens (tertiary/aromatic N) is 1. The Kier molecular flexibility index (Phi) is 4.62. The number of rotatable bonds is 3. The maximum Gasteiger partial charge on any atom is 0.231 e. The first-order chi connectivity index (χ1) is 5.51. The first-order valence-electron chi connectivity index (χ1n) is 3.13. The van der Waals surface area contributed by atoms with Crippen LogP contribution in [0.2, 0.25) is 0 Å². The Hall–Kier alpha value is -0.370.